The highest BCUT2D eigenvalue weighted by Crippen LogP contribution is 2.30. The molecule has 0 spiro atoms. The molecule has 1 rings (SSSR count). The molecule has 16 heavy (non-hydrogen) atoms. The molecule has 0 aromatic rings. The van der Waals surface area contributed by atoms with Gasteiger partial charge in [0, 0.05) is 32.3 Å². The maximum absolute atomic E-state index is 5.99. The normalized spacial score (nSPS) is 30.9. The summed E-state index contributed by atoms with van der Waals surface area (Å²) in [7, 11) is 3.88. The van der Waals surface area contributed by atoms with Gasteiger partial charge in [0.05, 0.1) is 12.7 Å². The van der Waals surface area contributed by atoms with E-state index >= 15 is 0 Å². The third kappa shape index (κ3) is 3.17. The van der Waals surface area contributed by atoms with Crippen molar-refractivity contribution in [2.24, 2.45) is 5.73 Å². The third-order valence-corrected chi connectivity index (χ3v) is 3.80. The van der Waals surface area contributed by atoms with Crippen molar-refractivity contribution < 1.29 is 9.47 Å². The van der Waals surface area contributed by atoms with Crippen LogP contribution >= 0.6 is 0 Å². The Kier molecular flexibility index (Phi) is 5.69. The van der Waals surface area contributed by atoms with Crippen LogP contribution in [0, 0.1) is 0 Å². The minimum atomic E-state index is 0.109. The van der Waals surface area contributed by atoms with Crippen LogP contribution in [0.4, 0.5) is 0 Å². The Hall–Kier alpha value is -0.160. The molecule has 0 aromatic heterocycles. The Balaban J connectivity index is 2.60. The number of methoxy groups -OCH3 is 1. The van der Waals surface area contributed by atoms with Gasteiger partial charge in [-0.1, -0.05) is 6.92 Å². The molecule has 0 amide bonds. The van der Waals surface area contributed by atoms with Crippen LogP contribution in [0.3, 0.4) is 0 Å². The van der Waals surface area contributed by atoms with Gasteiger partial charge < -0.3 is 15.2 Å². The Morgan fingerprint density at radius 3 is 2.88 bits per heavy atom. The highest BCUT2D eigenvalue weighted by Gasteiger charge is 2.38. The molecule has 4 heteroatoms. The zero-order valence-corrected chi connectivity index (χ0v) is 10.9. The van der Waals surface area contributed by atoms with E-state index in [2.05, 4.69) is 18.9 Å². The first-order valence-electron chi connectivity index (χ1n) is 6.20. The average molecular weight is 230 g/mol. The molecule has 96 valence electrons. The molecule has 1 saturated heterocycles. The van der Waals surface area contributed by atoms with Crippen molar-refractivity contribution in [3.8, 4) is 0 Å². The maximum atomic E-state index is 5.99. The number of hydrogen-bond acceptors (Lipinski definition) is 4. The molecule has 1 fully saturated rings. The Morgan fingerprint density at radius 1 is 1.56 bits per heavy atom. The van der Waals surface area contributed by atoms with E-state index in [4.69, 9.17) is 15.2 Å². The fourth-order valence-corrected chi connectivity index (χ4v) is 2.42. The molecule has 0 radical (unpaired) electrons. The van der Waals surface area contributed by atoms with Crippen LogP contribution in [-0.2, 0) is 9.47 Å². The number of likely N-dealkylation sites (N-methyl/N-ethyl adjacent to an activating group) is 1. The molecule has 1 aliphatic heterocycles. The monoisotopic (exact) mass is 230 g/mol. The Labute approximate surface area is 99.1 Å². The summed E-state index contributed by atoms with van der Waals surface area (Å²) in [6.45, 7) is 5.40. The molecular weight excluding hydrogens is 204 g/mol. The first kappa shape index (κ1) is 13.9. The van der Waals surface area contributed by atoms with Gasteiger partial charge in [-0.3, -0.25) is 4.90 Å². The Morgan fingerprint density at radius 2 is 2.31 bits per heavy atom. The number of ether oxygens (including phenoxy) is 2. The van der Waals surface area contributed by atoms with Crippen LogP contribution < -0.4 is 5.73 Å². The van der Waals surface area contributed by atoms with E-state index in [1.54, 1.807) is 7.11 Å². The predicted molar refractivity (Wildman–Crippen MR) is 65.6 cm³/mol. The molecule has 4 nitrogen and oxygen atoms in total. The Bertz CT molecular complexity index is 201. The van der Waals surface area contributed by atoms with Crippen molar-refractivity contribution in [2.75, 3.05) is 40.5 Å². The largest absolute Gasteiger partial charge is 0.383 e. The second-order valence-electron chi connectivity index (χ2n) is 4.70. The van der Waals surface area contributed by atoms with Crippen molar-refractivity contribution in [3.05, 3.63) is 0 Å². The second kappa shape index (κ2) is 6.55. The summed E-state index contributed by atoms with van der Waals surface area (Å²) in [4.78, 5) is 2.35. The number of hydrogen-bond donors (Lipinski definition) is 1. The second-order valence-corrected chi connectivity index (χ2v) is 4.70. The van der Waals surface area contributed by atoms with Gasteiger partial charge >= 0.3 is 0 Å². The molecule has 2 unspecified atom stereocenters. The summed E-state index contributed by atoms with van der Waals surface area (Å²) in [5, 5.41) is 0. The summed E-state index contributed by atoms with van der Waals surface area (Å²) >= 11 is 0. The van der Waals surface area contributed by atoms with E-state index in [0.29, 0.717) is 12.6 Å². The average Bonchev–Trinajstić information content (AvgIpc) is 2.35. The van der Waals surface area contributed by atoms with E-state index < -0.39 is 0 Å². The van der Waals surface area contributed by atoms with Gasteiger partial charge in [0.25, 0.3) is 0 Å². The van der Waals surface area contributed by atoms with Crippen LogP contribution in [0.2, 0.25) is 0 Å². The van der Waals surface area contributed by atoms with E-state index in [1.807, 2.05) is 0 Å². The van der Waals surface area contributed by atoms with E-state index in [0.717, 1.165) is 39.0 Å². The van der Waals surface area contributed by atoms with Crippen molar-refractivity contribution in [3.63, 3.8) is 0 Å². The highest BCUT2D eigenvalue weighted by molar-refractivity contribution is 4.95. The number of nitrogens with two attached hydrogens (primary N) is 1. The van der Waals surface area contributed by atoms with E-state index in [-0.39, 0.29) is 5.54 Å². The summed E-state index contributed by atoms with van der Waals surface area (Å²) in [5.74, 6) is 0. The fraction of sp³-hybridized carbons (Fsp3) is 1.00. The molecular formula is C12H26N2O2. The van der Waals surface area contributed by atoms with Crippen LogP contribution in [0.5, 0.6) is 0 Å². The molecule has 0 bridgehead atoms. The summed E-state index contributed by atoms with van der Waals surface area (Å²) in [6.07, 6.45) is 3.50. The maximum Gasteiger partial charge on any atom is 0.0590 e. The minimum Gasteiger partial charge on any atom is -0.383 e. The minimum absolute atomic E-state index is 0.109. The van der Waals surface area contributed by atoms with Gasteiger partial charge in [0.2, 0.25) is 0 Å². The molecule has 1 heterocycles. The van der Waals surface area contributed by atoms with Crippen LogP contribution in [0.15, 0.2) is 0 Å². The quantitative estimate of drug-likeness (QED) is 0.735. The van der Waals surface area contributed by atoms with Crippen LogP contribution in [0.25, 0.3) is 0 Å². The number of rotatable bonds is 6. The lowest BCUT2D eigenvalue weighted by atomic mass is 9.84. The van der Waals surface area contributed by atoms with E-state index in [9.17, 15) is 0 Å². The zero-order chi connectivity index (χ0) is 12.0. The lowest BCUT2D eigenvalue weighted by molar-refractivity contribution is -0.0683. The van der Waals surface area contributed by atoms with Crippen molar-refractivity contribution in [2.45, 2.75) is 37.8 Å². The topological polar surface area (TPSA) is 47.7 Å². The molecule has 0 aliphatic carbocycles. The SMILES string of the molecule is CCC1CC(CN)(N(C)CCOC)CCO1. The van der Waals surface area contributed by atoms with Crippen LogP contribution in [-0.4, -0.2) is 57.0 Å². The first-order chi connectivity index (χ1) is 7.68. The van der Waals surface area contributed by atoms with Crippen LogP contribution in [0.1, 0.15) is 26.2 Å². The molecule has 1 aliphatic rings. The van der Waals surface area contributed by atoms with Gasteiger partial charge in [-0.05, 0) is 26.3 Å². The zero-order valence-electron chi connectivity index (χ0n) is 10.9. The molecule has 0 saturated carbocycles. The van der Waals surface area contributed by atoms with Crippen molar-refractivity contribution in [1.82, 2.24) is 4.90 Å². The lowest BCUT2D eigenvalue weighted by Gasteiger charge is -2.46. The molecule has 0 aromatic carbocycles. The molecule has 2 atom stereocenters. The van der Waals surface area contributed by atoms with Gasteiger partial charge in [-0.2, -0.15) is 0 Å². The van der Waals surface area contributed by atoms with Gasteiger partial charge in [-0.15, -0.1) is 0 Å². The van der Waals surface area contributed by atoms with Gasteiger partial charge in [0.15, 0.2) is 0 Å². The standard InChI is InChI=1S/C12H26N2O2/c1-4-11-9-12(10-13,5-7-16-11)14(2)6-8-15-3/h11H,4-10,13H2,1-3H3. The fourth-order valence-electron chi connectivity index (χ4n) is 2.42. The smallest absolute Gasteiger partial charge is 0.0590 e. The molecule has 2 N–H and O–H groups in total. The summed E-state index contributed by atoms with van der Waals surface area (Å²) in [6, 6.07) is 0. The summed E-state index contributed by atoms with van der Waals surface area (Å²) in [5.41, 5.74) is 6.10. The highest BCUT2D eigenvalue weighted by atomic mass is 16.5. The van der Waals surface area contributed by atoms with Gasteiger partial charge in [-0.25, -0.2) is 0 Å². The summed E-state index contributed by atoms with van der Waals surface area (Å²) < 4.78 is 10.9. The van der Waals surface area contributed by atoms with Crippen molar-refractivity contribution >= 4 is 0 Å². The third-order valence-electron chi connectivity index (χ3n) is 3.80. The first-order valence-corrected chi connectivity index (χ1v) is 6.20. The van der Waals surface area contributed by atoms with Gasteiger partial charge in [0.1, 0.15) is 0 Å². The van der Waals surface area contributed by atoms with E-state index in [1.165, 1.54) is 0 Å². The van der Waals surface area contributed by atoms with Crippen molar-refractivity contribution in [1.29, 1.82) is 0 Å². The predicted octanol–water partition coefficient (Wildman–Crippen LogP) is 0.851. The number of nitrogens with zero attached hydrogens (tertiary/aromatic N) is 1. The lowest BCUT2D eigenvalue weighted by Crippen LogP contribution is -2.57.